The summed E-state index contributed by atoms with van der Waals surface area (Å²) in [6, 6.07) is -0.252. The van der Waals surface area contributed by atoms with E-state index in [-0.39, 0.29) is 17.4 Å². The maximum Gasteiger partial charge on any atom is 0.323 e. The topological polar surface area (TPSA) is 47.6 Å². The molecule has 0 saturated carbocycles. The molecule has 0 unspecified atom stereocenters. The van der Waals surface area contributed by atoms with Crippen LogP contribution in [0.2, 0.25) is 0 Å². The monoisotopic (exact) mass is 229 g/mol. The van der Waals surface area contributed by atoms with Gasteiger partial charge in [-0.1, -0.05) is 20.8 Å². The maximum atomic E-state index is 11.6. The molecule has 0 bridgehead atoms. The zero-order valence-electron chi connectivity index (χ0n) is 10.7. The summed E-state index contributed by atoms with van der Waals surface area (Å²) in [4.78, 5) is 11.6. The molecule has 0 spiro atoms. The van der Waals surface area contributed by atoms with Gasteiger partial charge in [-0.15, -0.1) is 0 Å². The molecule has 0 aromatic carbocycles. The molecule has 16 heavy (non-hydrogen) atoms. The summed E-state index contributed by atoms with van der Waals surface area (Å²) in [6.45, 7) is 8.55. The molecule has 1 aliphatic heterocycles. The molecular formula is C12H23NO3. The van der Waals surface area contributed by atoms with Crippen LogP contribution in [0.15, 0.2) is 0 Å². The molecule has 0 aromatic heterocycles. The SMILES string of the molecule is COC(=O)[C@@H](NC[C@@H]1CCOC1)C(C)(C)C. The van der Waals surface area contributed by atoms with E-state index in [1.54, 1.807) is 0 Å². The zero-order valence-corrected chi connectivity index (χ0v) is 10.7. The van der Waals surface area contributed by atoms with Crippen LogP contribution in [0, 0.1) is 11.3 Å². The Labute approximate surface area is 97.7 Å². The van der Waals surface area contributed by atoms with Crippen molar-refractivity contribution in [2.45, 2.75) is 33.2 Å². The van der Waals surface area contributed by atoms with Crippen molar-refractivity contribution in [2.24, 2.45) is 11.3 Å². The minimum atomic E-state index is -0.252. The second-order valence-corrected chi connectivity index (χ2v) is 5.46. The van der Waals surface area contributed by atoms with Crippen LogP contribution in [-0.4, -0.2) is 38.9 Å². The van der Waals surface area contributed by atoms with Gasteiger partial charge in [-0.2, -0.15) is 0 Å². The molecule has 1 fully saturated rings. The summed E-state index contributed by atoms with van der Waals surface area (Å²) in [5, 5.41) is 3.30. The first-order chi connectivity index (χ1) is 7.45. The predicted octanol–water partition coefficient (Wildman–Crippen LogP) is 1.20. The van der Waals surface area contributed by atoms with Crippen molar-refractivity contribution in [3.8, 4) is 0 Å². The minimum absolute atomic E-state index is 0.132. The van der Waals surface area contributed by atoms with Gasteiger partial charge in [-0.05, 0) is 17.8 Å². The quantitative estimate of drug-likeness (QED) is 0.736. The fraction of sp³-hybridized carbons (Fsp3) is 0.917. The Balaban J connectivity index is 2.46. The Morgan fingerprint density at radius 2 is 2.25 bits per heavy atom. The Bertz CT molecular complexity index is 229. The van der Waals surface area contributed by atoms with E-state index < -0.39 is 0 Å². The van der Waals surface area contributed by atoms with Crippen LogP contribution >= 0.6 is 0 Å². The molecule has 1 saturated heterocycles. The summed E-state index contributed by atoms with van der Waals surface area (Å²) < 4.78 is 10.1. The van der Waals surface area contributed by atoms with Crippen LogP contribution in [0.25, 0.3) is 0 Å². The average molecular weight is 229 g/mol. The highest BCUT2D eigenvalue weighted by atomic mass is 16.5. The van der Waals surface area contributed by atoms with Crippen LogP contribution in [0.5, 0.6) is 0 Å². The van der Waals surface area contributed by atoms with Gasteiger partial charge in [-0.25, -0.2) is 0 Å². The number of methoxy groups -OCH3 is 1. The van der Waals surface area contributed by atoms with Crippen molar-refractivity contribution in [1.29, 1.82) is 0 Å². The smallest absolute Gasteiger partial charge is 0.323 e. The number of carbonyl (C=O) groups excluding carboxylic acids is 1. The lowest BCUT2D eigenvalue weighted by Crippen LogP contribution is -2.48. The first-order valence-electron chi connectivity index (χ1n) is 5.84. The molecule has 1 heterocycles. The Morgan fingerprint density at radius 1 is 1.56 bits per heavy atom. The van der Waals surface area contributed by atoms with Gasteiger partial charge in [0.05, 0.1) is 13.7 Å². The fourth-order valence-electron chi connectivity index (χ4n) is 1.89. The molecule has 1 N–H and O–H groups in total. The van der Waals surface area contributed by atoms with Crippen molar-refractivity contribution in [3.63, 3.8) is 0 Å². The molecule has 0 radical (unpaired) electrons. The summed E-state index contributed by atoms with van der Waals surface area (Å²) in [6.07, 6.45) is 1.07. The normalized spacial score (nSPS) is 23.1. The second-order valence-electron chi connectivity index (χ2n) is 5.46. The molecule has 94 valence electrons. The van der Waals surface area contributed by atoms with E-state index in [0.717, 1.165) is 26.2 Å². The summed E-state index contributed by atoms with van der Waals surface area (Å²) >= 11 is 0. The van der Waals surface area contributed by atoms with Crippen LogP contribution in [0.4, 0.5) is 0 Å². The number of rotatable bonds is 4. The number of hydrogen-bond donors (Lipinski definition) is 1. The molecule has 0 aromatic rings. The Hall–Kier alpha value is -0.610. The van der Waals surface area contributed by atoms with Gasteiger partial charge in [0.1, 0.15) is 6.04 Å². The molecule has 4 heteroatoms. The first-order valence-corrected chi connectivity index (χ1v) is 5.84. The summed E-state index contributed by atoms with van der Waals surface area (Å²) in [5.41, 5.74) is -0.132. The van der Waals surface area contributed by atoms with Crippen molar-refractivity contribution < 1.29 is 14.3 Å². The number of esters is 1. The van der Waals surface area contributed by atoms with Gasteiger partial charge in [0.2, 0.25) is 0 Å². The van der Waals surface area contributed by atoms with Gasteiger partial charge < -0.3 is 14.8 Å². The summed E-state index contributed by atoms with van der Waals surface area (Å²) in [7, 11) is 1.43. The second kappa shape index (κ2) is 5.64. The highest BCUT2D eigenvalue weighted by Crippen LogP contribution is 2.21. The number of hydrogen-bond acceptors (Lipinski definition) is 4. The highest BCUT2D eigenvalue weighted by Gasteiger charge is 2.32. The number of ether oxygens (including phenoxy) is 2. The van der Waals surface area contributed by atoms with E-state index >= 15 is 0 Å². The molecule has 1 aliphatic rings. The largest absolute Gasteiger partial charge is 0.468 e. The van der Waals surface area contributed by atoms with E-state index in [4.69, 9.17) is 9.47 Å². The lowest BCUT2D eigenvalue weighted by atomic mass is 9.86. The van der Waals surface area contributed by atoms with Gasteiger partial charge >= 0.3 is 5.97 Å². The van der Waals surface area contributed by atoms with Gasteiger partial charge in [0.25, 0.3) is 0 Å². The van der Waals surface area contributed by atoms with Crippen LogP contribution in [-0.2, 0) is 14.3 Å². The molecule has 0 amide bonds. The predicted molar refractivity (Wildman–Crippen MR) is 62.2 cm³/mol. The van der Waals surface area contributed by atoms with Gasteiger partial charge in [0.15, 0.2) is 0 Å². The van der Waals surface area contributed by atoms with Crippen LogP contribution < -0.4 is 5.32 Å². The lowest BCUT2D eigenvalue weighted by molar-refractivity contribution is -0.146. The van der Waals surface area contributed by atoms with Crippen molar-refractivity contribution >= 4 is 5.97 Å². The van der Waals surface area contributed by atoms with Crippen molar-refractivity contribution in [2.75, 3.05) is 26.9 Å². The van der Waals surface area contributed by atoms with Gasteiger partial charge in [-0.3, -0.25) is 4.79 Å². The third-order valence-corrected chi connectivity index (χ3v) is 2.94. The standard InChI is InChI=1S/C12H23NO3/c1-12(2,3)10(11(14)15-4)13-7-9-5-6-16-8-9/h9-10,13H,5-8H2,1-4H3/t9-,10+/m0/s1. The van der Waals surface area contributed by atoms with E-state index in [1.165, 1.54) is 7.11 Å². The third-order valence-electron chi connectivity index (χ3n) is 2.94. The first kappa shape index (κ1) is 13.5. The van der Waals surface area contributed by atoms with E-state index in [1.807, 2.05) is 20.8 Å². The minimum Gasteiger partial charge on any atom is -0.468 e. The molecular weight excluding hydrogens is 206 g/mol. The zero-order chi connectivity index (χ0) is 12.2. The lowest BCUT2D eigenvalue weighted by Gasteiger charge is -2.30. The Kier molecular flexibility index (Phi) is 4.74. The summed E-state index contributed by atoms with van der Waals surface area (Å²) in [5.74, 6) is 0.334. The van der Waals surface area contributed by atoms with Crippen molar-refractivity contribution in [1.82, 2.24) is 5.32 Å². The van der Waals surface area contributed by atoms with E-state index in [9.17, 15) is 4.79 Å². The third kappa shape index (κ3) is 3.76. The highest BCUT2D eigenvalue weighted by molar-refractivity contribution is 5.76. The van der Waals surface area contributed by atoms with Crippen LogP contribution in [0.1, 0.15) is 27.2 Å². The van der Waals surface area contributed by atoms with E-state index in [2.05, 4.69) is 5.32 Å². The van der Waals surface area contributed by atoms with Gasteiger partial charge in [0, 0.05) is 13.2 Å². The average Bonchev–Trinajstić information content (AvgIpc) is 2.68. The molecule has 2 atom stereocenters. The number of carbonyl (C=O) groups is 1. The Morgan fingerprint density at radius 3 is 2.69 bits per heavy atom. The number of nitrogens with one attached hydrogen (secondary N) is 1. The molecule has 0 aliphatic carbocycles. The fourth-order valence-corrected chi connectivity index (χ4v) is 1.89. The maximum absolute atomic E-state index is 11.6. The van der Waals surface area contributed by atoms with Crippen molar-refractivity contribution in [3.05, 3.63) is 0 Å². The van der Waals surface area contributed by atoms with E-state index in [0.29, 0.717) is 5.92 Å². The molecule has 1 rings (SSSR count). The molecule has 4 nitrogen and oxygen atoms in total. The van der Waals surface area contributed by atoms with Crippen LogP contribution in [0.3, 0.4) is 0 Å².